The first kappa shape index (κ1) is 16.4. The average Bonchev–Trinajstić information content (AvgIpc) is 2.24. The molecule has 0 spiro atoms. The maximum absolute atomic E-state index is 11.5. The highest BCUT2D eigenvalue weighted by molar-refractivity contribution is 5.75. The third-order valence-corrected chi connectivity index (χ3v) is 2.62. The minimum absolute atomic E-state index is 0.0933. The zero-order valence-corrected chi connectivity index (χ0v) is 11.7. The lowest BCUT2D eigenvalue weighted by atomic mass is 10.0. The SMILES string of the molecule is CCCCO[C@@H](C)C(OC(=O)[C@H](C)N)C(C)C. The Balaban J connectivity index is 4.26. The smallest absolute Gasteiger partial charge is 0.322 e. The van der Waals surface area contributed by atoms with E-state index in [1.807, 2.05) is 20.8 Å². The van der Waals surface area contributed by atoms with Crippen LogP contribution < -0.4 is 5.73 Å². The van der Waals surface area contributed by atoms with Gasteiger partial charge in [0.25, 0.3) is 0 Å². The molecule has 0 aliphatic carbocycles. The van der Waals surface area contributed by atoms with Crippen molar-refractivity contribution in [3.05, 3.63) is 0 Å². The molecule has 0 aliphatic rings. The van der Waals surface area contributed by atoms with Gasteiger partial charge in [-0.15, -0.1) is 0 Å². The second kappa shape index (κ2) is 8.48. The van der Waals surface area contributed by atoms with E-state index >= 15 is 0 Å². The van der Waals surface area contributed by atoms with E-state index in [1.165, 1.54) is 0 Å². The Morgan fingerprint density at radius 3 is 2.24 bits per heavy atom. The van der Waals surface area contributed by atoms with Crippen LogP contribution in [0.1, 0.15) is 47.5 Å². The van der Waals surface area contributed by atoms with Gasteiger partial charge in [0.1, 0.15) is 12.1 Å². The van der Waals surface area contributed by atoms with Crippen molar-refractivity contribution >= 4 is 5.97 Å². The first-order valence-corrected chi connectivity index (χ1v) is 6.47. The van der Waals surface area contributed by atoms with Crippen molar-refractivity contribution in [1.82, 2.24) is 0 Å². The highest BCUT2D eigenvalue weighted by Gasteiger charge is 2.26. The van der Waals surface area contributed by atoms with Gasteiger partial charge in [-0.1, -0.05) is 27.2 Å². The number of ether oxygens (including phenoxy) is 2. The summed E-state index contributed by atoms with van der Waals surface area (Å²) in [7, 11) is 0. The number of nitrogens with two attached hydrogens (primary N) is 1. The van der Waals surface area contributed by atoms with Crippen LogP contribution in [0.25, 0.3) is 0 Å². The van der Waals surface area contributed by atoms with E-state index < -0.39 is 6.04 Å². The van der Waals surface area contributed by atoms with Gasteiger partial charge in [0.2, 0.25) is 0 Å². The molecule has 0 heterocycles. The molecule has 0 bridgehead atoms. The predicted octanol–water partition coefficient (Wildman–Crippen LogP) is 2.11. The molecule has 0 aliphatic heterocycles. The molecule has 0 aromatic rings. The van der Waals surface area contributed by atoms with Crippen LogP contribution in [0.2, 0.25) is 0 Å². The van der Waals surface area contributed by atoms with Crippen LogP contribution in [-0.2, 0) is 14.3 Å². The maximum Gasteiger partial charge on any atom is 0.322 e. The normalized spacial score (nSPS) is 16.6. The van der Waals surface area contributed by atoms with E-state index in [1.54, 1.807) is 6.92 Å². The second-order valence-electron chi connectivity index (χ2n) is 4.86. The Morgan fingerprint density at radius 1 is 1.24 bits per heavy atom. The van der Waals surface area contributed by atoms with E-state index in [-0.39, 0.29) is 24.1 Å². The topological polar surface area (TPSA) is 61.5 Å². The van der Waals surface area contributed by atoms with Crippen LogP contribution in [0.4, 0.5) is 0 Å². The zero-order valence-electron chi connectivity index (χ0n) is 11.7. The van der Waals surface area contributed by atoms with Gasteiger partial charge in [-0.2, -0.15) is 0 Å². The molecule has 102 valence electrons. The lowest BCUT2D eigenvalue weighted by molar-refractivity contribution is -0.162. The summed E-state index contributed by atoms with van der Waals surface area (Å²) in [5.74, 6) is -0.149. The van der Waals surface area contributed by atoms with Gasteiger partial charge < -0.3 is 15.2 Å². The number of unbranched alkanes of at least 4 members (excludes halogenated alkanes) is 1. The van der Waals surface area contributed by atoms with Gasteiger partial charge in [0, 0.05) is 6.61 Å². The van der Waals surface area contributed by atoms with E-state index in [0.29, 0.717) is 6.61 Å². The molecule has 0 saturated carbocycles. The van der Waals surface area contributed by atoms with Crippen LogP contribution in [0.5, 0.6) is 0 Å². The number of esters is 1. The summed E-state index contributed by atoms with van der Waals surface area (Å²) in [6.45, 7) is 10.4. The zero-order chi connectivity index (χ0) is 13.4. The fourth-order valence-electron chi connectivity index (χ4n) is 1.52. The quantitative estimate of drug-likeness (QED) is 0.525. The van der Waals surface area contributed by atoms with Gasteiger partial charge >= 0.3 is 5.97 Å². The van der Waals surface area contributed by atoms with Crippen LogP contribution >= 0.6 is 0 Å². The van der Waals surface area contributed by atoms with Crippen molar-refractivity contribution in [2.45, 2.75) is 65.7 Å². The van der Waals surface area contributed by atoms with Crippen LogP contribution in [0.15, 0.2) is 0 Å². The van der Waals surface area contributed by atoms with Gasteiger partial charge in [-0.25, -0.2) is 0 Å². The largest absolute Gasteiger partial charge is 0.458 e. The van der Waals surface area contributed by atoms with Crippen molar-refractivity contribution in [2.75, 3.05) is 6.61 Å². The number of carbonyl (C=O) groups excluding carboxylic acids is 1. The lowest BCUT2D eigenvalue weighted by Crippen LogP contribution is -2.40. The third kappa shape index (κ3) is 6.64. The Labute approximate surface area is 105 Å². The summed E-state index contributed by atoms with van der Waals surface area (Å²) < 4.78 is 11.0. The molecule has 0 fully saturated rings. The molecule has 2 N–H and O–H groups in total. The molecule has 0 aromatic heterocycles. The summed E-state index contributed by atoms with van der Waals surface area (Å²) in [5.41, 5.74) is 5.49. The van der Waals surface area contributed by atoms with Gasteiger partial charge in [0.15, 0.2) is 0 Å². The molecule has 0 saturated heterocycles. The minimum Gasteiger partial charge on any atom is -0.458 e. The Morgan fingerprint density at radius 2 is 1.82 bits per heavy atom. The van der Waals surface area contributed by atoms with Gasteiger partial charge in [-0.3, -0.25) is 4.79 Å². The summed E-state index contributed by atoms with van der Waals surface area (Å²) in [4.78, 5) is 11.5. The molecular formula is C13H27NO3. The Hall–Kier alpha value is -0.610. The Kier molecular flexibility index (Phi) is 8.17. The van der Waals surface area contributed by atoms with Crippen molar-refractivity contribution in [2.24, 2.45) is 11.7 Å². The number of rotatable bonds is 8. The molecule has 4 nitrogen and oxygen atoms in total. The molecule has 0 amide bonds. The van der Waals surface area contributed by atoms with Crippen molar-refractivity contribution < 1.29 is 14.3 Å². The highest BCUT2D eigenvalue weighted by atomic mass is 16.6. The maximum atomic E-state index is 11.5. The van der Waals surface area contributed by atoms with Crippen molar-refractivity contribution in [3.8, 4) is 0 Å². The van der Waals surface area contributed by atoms with Crippen LogP contribution in [0.3, 0.4) is 0 Å². The molecule has 0 radical (unpaired) electrons. The number of hydrogen-bond donors (Lipinski definition) is 1. The standard InChI is InChI=1S/C13H27NO3/c1-6-7-8-16-11(5)12(9(2)3)17-13(15)10(4)14/h9-12H,6-8,14H2,1-5H3/t10-,11-,12?/m0/s1. The van der Waals surface area contributed by atoms with Gasteiger partial charge in [0.05, 0.1) is 6.10 Å². The fraction of sp³-hybridized carbons (Fsp3) is 0.923. The first-order chi connectivity index (χ1) is 7.90. The van der Waals surface area contributed by atoms with E-state index in [2.05, 4.69) is 6.92 Å². The van der Waals surface area contributed by atoms with E-state index in [9.17, 15) is 4.79 Å². The highest BCUT2D eigenvalue weighted by Crippen LogP contribution is 2.15. The first-order valence-electron chi connectivity index (χ1n) is 6.47. The summed E-state index contributed by atoms with van der Waals surface area (Å²) >= 11 is 0. The average molecular weight is 245 g/mol. The minimum atomic E-state index is -0.584. The predicted molar refractivity (Wildman–Crippen MR) is 68.7 cm³/mol. The lowest BCUT2D eigenvalue weighted by Gasteiger charge is -2.28. The molecule has 17 heavy (non-hydrogen) atoms. The molecule has 0 aromatic carbocycles. The molecular weight excluding hydrogens is 218 g/mol. The Bertz CT molecular complexity index is 217. The molecule has 0 rings (SSSR count). The number of carbonyl (C=O) groups is 1. The molecule has 3 atom stereocenters. The fourth-order valence-corrected chi connectivity index (χ4v) is 1.52. The van der Waals surface area contributed by atoms with Crippen LogP contribution in [-0.4, -0.2) is 30.8 Å². The molecule has 4 heteroatoms. The van der Waals surface area contributed by atoms with Crippen molar-refractivity contribution in [3.63, 3.8) is 0 Å². The summed E-state index contributed by atoms with van der Waals surface area (Å²) in [6.07, 6.45) is 1.80. The van der Waals surface area contributed by atoms with Gasteiger partial charge in [-0.05, 0) is 26.2 Å². The van der Waals surface area contributed by atoms with E-state index in [4.69, 9.17) is 15.2 Å². The molecule has 1 unspecified atom stereocenters. The second-order valence-corrected chi connectivity index (χ2v) is 4.86. The van der Waals surface area contributed by atoms with Crippen LogP contribution in [0, 0.1) is 5.92 Å². The third-order valence-electron chi connectivity index (χ3n) is 2.62. The summed E-state index contributed by atoms with van der Waals surface area (Å²) in [6, 6.07) is -0.584. The van der Waals surface area contributed by atoms with E-state index in [0.717, 1.165) is 12.8 Å². The summed E-state index contributed by atoms with van der Waals surface area (Å²) in [5, 5.41) is 0. The van der Waals surface area contributed by atoms with Crippen molar-refractivity contribution in [1.29, 1.82) is 0 Å². The monoisotopic (exact) mass is 245 g/mol. The number of hydrogen-bond acceptors (Lipinski definition) is 4.